The Balaban J connectivity index is 1.90. The molecule has 6 heteroatoms. The summed E-state index contributed by atoms with van der Waals surface area (Å²) in [4.78, 5) is 9.18. The molecule has 0 N–H and O–H groups in total. The molecule has 1 saturated heterocycles. The number of thioether (sulfide) groups is 2. The van der Waals surface area contributed by atoms with Crippen LogP contribution < -0.4 is 0 Å². The molecular weight excluding hydrogens is 331 g/mol. The minimum Gasteiger partial charge on any atom is -0.220 e. The van der Waals surface area contributed by atoms with Gasteiger partial charge in [0, 0.05) is 22.3 Å². The Kier molecular flexibility index (Phi) is 5.06. The quantitative estimate of drug-likeness (QED) is 0.672. The van der Waals surface area contributed by atoms with Crippen LogP contribution in [0.4, 0.5) is 0 Å². The van der Waals surface area contributed by atoms with Gasteiger partial charge in [-0.25, -0.2) is 9.97 Å². The van der Waals surface area contributed by atoms with E-state index >= 15 is 0 Å². The second-order valence-electron chi connectivity index (χ2n) is 5.43. The van der Waals surface area contributed by atoms with Crippen LogP contribution in [0.2, 0.25) is 10.3 Å². The Morgan fingerprint density at radius 3 is 2.20 bits per heavy atom. The maximum Gasteiger partial charge on any atom is 0.145 e. The molecule has 2 heterocycles. The third-order valence-corrected chi connectivity index (χ3v) is 7.74. The van der Waals surface area contributed by atoms with Crippen molar-refractivity contribution in [2.75, 3.05) is 11.5 Å². The van der Waals surface area contributed by atoms with E-state index in [-0.39, 0.29) is 0 Å². The summed E-state index contributed by atoms with van der Waals surface area (Å²) < 4.78 is 0. The zero-order valence-corrected chi connectivity index (χ0v) is 14.6. The van der Waals surface area contributed by atoms with Gasteiger partial charge in [0.15, 0.2) is 0 Å². The highest BCUT2D eigenvalue weighted by Crippen LogP contribution is 2.44. The van der Waals surface area contributed by atoms with Crippen molar-refractivity contribution in [1.29, 1.82) is 0 Å². The highest BCUT2D eigenvalue weighted by Gasteiger charge is 2.30. The van der Waals surface area contributed by atoms with Crippen molar-refractivity contribution in [2.24, 2.45) is 0 Å². The monoisotopic (exact) mass is 348 g/mol. The summed E-state index contributed by atoms with van der Waals surface area (Å²) >= 11 is 16.8. The zero-order chi connectivity index (χ0) is 14.1. The van der Waals surface area contributed by atoms with Gasteiger partial charge in [-0.2, -0.15) is 11.8 Å². The van der Waals surface area contributed by atoms with Crippen molar-refractivity contribution < 1.29 is 0 Å². The first-order chi connectivity index (χ1) is 9.66. The van der Waals surface area contributed by atoms with Crippen LogP contribution in [0, 0.1) is 0 Å². The predicted molar refractivity (Wildman–Crippen MR) is 90.4 cm³/mol. The van der Waals surface area contributed by atoms with Crippen molar-refractivity contribution in [3.63, 3.8) is 0 Å². The molecule has 2 aliphatic rings. The maximum absolute atomic E-state index is 6.43. The molecule has 1 saturated carbocycles. The molecule has 2 fully saturated rings. The number of hydrogen-bond donors (Lipinski definition) is 0. The Labute approximate surface area is 138 Å². The van der Waals surface area contributed by atoms with Crippen LogP contribution in [-0.4, -0.2) is 26.7 Å². The van der Waals surface area contributed by atoms with Gasteiger partial charge < -0.3 is 0 Å². The van der Waals surface area contributed by atoms with Crippen LogP contribution in [0.5, 0.6) is 0 Å². The fraction of sp³-hybridized carbons (Fsp3) is 0.714. The van der Waals surface area contributed by atoms with E-state index in [9.17, 15) is 0 Å². The average molecular weight is 349 g/mol. The maximum atomic E-state index is 6.43. The predicted octanol–water partition coefficient (Wildman–Crippen LogP) is 5.35. The van der Waals surface area contributed by atoms with E-state index < -0.39 is 0 Å². The molecule has 0 aromatic carbocycles. The lowest BCUT2D eigenvalue weighted by Crippen LogP contribution is -2.19. The summed E-state index contributed by atoms with van der Waals surface area (Å²) in [5, 5.41) is 1.98. The Morgan fingerprint density at radius 2 is 1.60 bits per heavy atom. The van der Waals surface area contributed by atoms with E-state index in [0.717, 1.165) is 30.0 Å². The van der Waals surface area contributed by atoms with Crippen molar-refractivity contribution >= 4 is 46.7 Å². The van der Waals surface area contributed by atoms with Crippen LogP contribution in [0.15, 0.2) is 0 Å². The minimum atomic E-state index is 0.307. The molecule has 0 radical (unpaired) electrons. The smallest absolute Gasteiger partial charge is 0.145 e. The van der Waals surface area contributed by atoms with E-state index in [1.807, 2.05) is 23.5 Å². The standard InChI is InChI=1S/C14H18Cl2N2S2/c1-8-11(20-7-6-19-8)14-17-12(15)10(13(16)18-14)9-4-2-3-5-9/h8-9,11H,2-7H2,1H3. The average Bonchev–Trinajstić information content (AvgIpc) is 2.92. The topological polar surface area (TPSA) is 25.8 Å². The first-order valence-electron chi connectivity index (χ1n) is 7.13. The summed E-state index contributed by atoms with van der Waals surface area (Å²) in [6.45, 7) is 2.23. The van der Waals surface area contributed by atoms with Crippen LogP contribution in [0.1, 0.15) is 55.2 Å². The molecule has 1 aromatic heterocycles. The molecule has 3 rings (SSSR count). The van der Waals surface area contributed by atoms with Gasteiger partial charge in [0.25, 0.3) is 0 Å². The van der Waals surface area contributed by atoms with Gasteiger partial charge in [0.05, 0.1) is 5.25 Å². The first-order valence-corrected chi connectivity index (χ1v) is 9.98. The lowest BCUT2D eigenvalue weighted by molar-refractivity contribution is 0.706. The van der Waals surface area contributed by atoms with Crippen LogP contribution >= 0.6 is 46.7 Å². The summed E-state index contributed by atoms with van der Waals surface area (Å²) in [7, 11) is 0. The molecule has 0 amide bonds. The van der Waals surface area contributed by atoms with Gasteiger partial charge in [0.1, 0.15) is 16.1 Å². The minimum absolute atomic E-state index is 0.307. The summed E-state index contributed by atoms with van der Waals surface area (Å²) in [5.74, 6) is 3.60. The van der Waals surface area contributed by atoms with Gasteiger partial charge >= 0.3 is 0 Å². The highest BCUT2D eigenvalue weighted by molar-refractivity contribution is 8.06. The fourth-order valence-electron chi connectivity index (χ4n) is 3.03. The number of hydrogen-bond acceptors (Lipinski definition) is 4. The Bertz CT molecular complexity index is 469. The molecular formula is C14H18Cl2N2S2. The van der Waals surface area contributed by atoms with Crippen LogP contribution in [0.3, 0.4) is 0 Å². The van der Waals surface area contributed by atoms with Gasteiger partial charge in [-0.15, -0.1) is 11.8 Å². The lowest BCUT2D eigenvalue weighted by atomic mass is 10.0. The number of aromatic nitrogens is 2. The summed E-state index contributed by atoms with van der Waals surface area (Å²) in [6.07, 6.45) is 4.83. The summed E-state index contributed by atoms with van der Waals surface area (Å²) in [5.41, 5.74) is 0.982. The van der Waals surface area contributed by atoms with E-state index in [1.165, 1.54) is 18.6 Å². The SMILES string of the molecule is CC1SCCSC1c1nc(Cl)c(C2CCCC2)c(Cl)n1. The van der Waals surface area contributed by atoms with E-state index in [0.29, 0.717) is 26.7 Å². The molecule has 1 aliphatic carbocycles. The first kappa shape index (κ1) is 15.3. The van der Waals surface area contributed by atoms with E-state index in [1.54, 1.807) is 0 Å². The summed E-state index contributed by atoms with van der Waals surface area (Å²) in [6, 6.07) is 0. The molecule has 2 nitrogen and oxygen atoms in total. The molecule has 0 spiro atoms. The van der Waals surface area contributed by atoms with Crippen molar-refractivity contribution in [2.45, 2.75) is 49.0 Å². The number of rotatable bonds is 2. The van der Waals surface area contributed by atoms with Crippen molar-refractivity contribution in [3.8, 4) is 0 Å². The molecule has 1 aromatic rings. The van der Waals surface area contributed by atoms with Gasteiger partial charge in [-0.3, -0.25) is 0 Å². The molecule has 0 bridgehead atoms. The number of nitrogens with zero attached hydrogens (tertiary/aromatic N) is 2. The Morgan fingerprint density at radius 1 is 1.00 bits per heavy atom. The van der Waals surface area contributed by atoms with E-state index in [2.05, 4.69) is 16.9 Å². The third kappa shape index (κ3) is 3.08. The second-order valence-corrected chi connectivity index (χ2v) is 8.88. The normalized spacial score (nSPS) is 27.9. The third-order valence-electron chi connectivity index (χ3n) is 4.08. The fourth-order valence-corrected chi connectivity index (χ4v) is 6.42. The molecule has 2 atom stereocenters. The largest absolute Gasteiger partial charge is 0.220 e. The van der Waals surface area contributed by atoms with Gasteiger partial charge in [-0.05, 0) is 18.8 Å². The van der Waals surface area contributed by atoms with Crippen molar-refractivity contribution in [3.05, 3.63) is 21.7 Å². The van der Waals surface area contributed by atoms with Crippen LogP contribution in [-0.2, 0) is 0 Å². The zero-order valence-electron chi connectivity index (χ0n) is 11.4. The number of halogens is 2. The van der Waals surface area contributed by atoms with Crippen molar-refractivity contribution in [1.82, 2.24) is 9.97 Å². The molecule has 1 aliphatic heterocycles. The van der Waals surface area contributed by atoms with Crippen LogP contribution in [0.25, 0.3) is 0 Å². The second kappa shape index (κ2) is 6.64. The Hall–Kier alpha value is 0.360. The lowest BCUT2D eigenvalue weighted by Gasteiger charge is -2.27. The molecule has 20 heavy (non-hydrogen) atoms. The molecule has 110 valence electrons. The molecule has 2 unspecified atom stereocenters. The van der Waals surface area contributed by atoms with E-state index in [4.69, 9.17) is 23.2 Å². The van der Waals surface area contributed by atoms with Gasteiger partial charge in [0.2, 0.25) is 0 Å². The van der Waals surface area contributed by atoms with Gasteiger partial charge in [-0.1, -0.05) is 43.0 Å². The highest BCUT2D eigenvalue weighted by atomic mass is 35.5.